The van der Waals surface area contributed by atoms with Gasteiger partial charge in [-0.05, 0) is 25.1 Å². The van der Waals surface area contributed by atoms with Crippen LogP contribution in [0.1, 0.15) is 23.0 Å². The molecule has 0 fully saturated rings. The fraction of sp³-hybridized carbons (Fsp3) is 0.158. The van der Waals surface area contributed by atoms with Crippen LogP contribution in [-0.4, -0.2) is 25.5 Å². The number of ketones is 1. The van der Waals surface area contributed by atoms with Crippen LogP contribution in [-0.2, 0) is 4.74 Å². The monoisotopic (exact) mass is 401 g/mol. The van der Waals surface area contributed by atoms with Gasteiger partial charge in [-0.25, -0.2) is 4.79 Å². The van der Waals surface area contributed by atoms with Gasteiger partial charge in [-0.3, -0.25) is 9.69 Å². The summed E-state index contributed by atoms with van der Waals surface area (Å²) in [5.41, 5.74) is 1.40. The minimum absolute atomic E-state index is 0.106. The molecule has 0 aliphatic rings. The van der Waals surface area contributed by atoms with Gasteiger partial charge in [0, 0.05) is 22.5 Å². The van der Waals surface area contributed by atoms with Crippen molar-refractivity contribution in [1.82, 2.24) is 0 Å². The van der Waals surface area contributed by atoms with Crippen LogP contribution >= 0.6 is 15.9 Å². The van der Waals surface area contributed by atoms with E-state index in [2.05, 4.69) is 15.9 Å². The molecule has 5 nitrogen and oxygen atoms in total. The largest absolute Gasteiger partial charge is 0.450 e. The van der Waals surface area contributed by atoms with Gasteiger partial charge in [0.05, 0.1) is 6.61 Å². The summed E-state index contributed by atoms with van der Waals surface area (Å²) in [6.45, 7) is 1.97. The van der Waals surface area contributed by atoms with Crippen LogP contribution in [0.5, 0.6) is 0 Å². The maximum absolute atomic E-state index is 12.9. The number of benzene rings is 2. The summed E-state index contributed by atoms with van der Waals surface area (Å²) >= 11 is 3.41. The maximum Gasteiger partial charge on any atom is 0.414 e. The van der Waals surface area contributed by atoms with Crippen molar-refractivity contribution in [1.29, 1.82) is 0 Å². The molecule has 1 aromatic heterocycles. The van der Waals surface area contributed by atoms with Crippen LogP contribution in [0.2, 0.25) is 0 Å². The first-order valence-electron chi connectivity index (χ1n) is 7.75. The molecule has 0 spiro atoms. The Bertz CT molecular complexity index is 933. The number of hydrogen-bond donors (Lipinski definition) is 0. The second-order valence-electron chi connectivity index (χ2n) is 5.37. The predicted octanol–water partition coefficient (Wildman–Crippen LogP) is 5.02. The van der Waals surface area contributed by atoms with Gasteiger partial charge in [-0.2, -0.15) is 0 Å². The molecule has 6 heteroatoms. The zero-order chi connectivity index (χ0) is 18.0. The number of anilines is 1. The molecular weight excluding hydrogens is 386 g/mol. The third-order valence-electron chi connectivity index (χ3n) is 3.74. The summed E-state index contributed by atoms with van der Waals surface area (Å²) in [5.74, 6) is -0.186. The van der Waals surface area contributed by atoms with Crippen LogP contribution in [0.3, 0.4) is 0 Å². The van der Waals surface area contributed by atoms with E-state index in [0.29, 0.717) is 22.2 Å². The van der Waals surface area contributed by atoms with Crippen molar-refractivity contribution in [2.75, 3.05) is 18.6 Å². The summed E-state index contributed by atoms with van der Waals surface area (Å²) in [5, 5.41) is 0.657. The van der Waals surface area contributed by atoms with Crippen molar-refractivity contribution in [3.05, 3.63) is 64.3 Å². The lowest BCUT2D eigenvalue weighted by molar-refractivity contribution is 0.101. The number of carbonyl (C=O) groups is 2. The summed E-state index contributed by atoms with van der Waals surface area (Å²) < 4.78 is 11.7. The van der Waals surface area contributed by atoms with Crippen LogP contribution in [0.15, 0.2) is 57.4 Å². The second kappa shape index (κ2) is 7.11. The van der Waals surface area contributed by atoms with E-state index >= 15 is 0 Å². The number of hydrogen-bond acceptors (Lipinski definition) is 4. The highest BCUT2D eigenvalue weighted by atomic mass is 79.9. The number of nitrogens with zero attached hydrogens (tertiary/aromatic N) is 1. The molecule has 3 aromatic rings. The third kappa shape index (κ3) is 3.30. The van der Waals surface area contributed by atoms with E-state index in [1.54, 1.807) is 44.3 Å². The number of amides is 1. The summed E-state index contributed by atoms with van der Waals surface area (Å²) in [7, 11) is 1.56. The standard InChI is InChI=1S/C19H16BrNO4/c1-3-24-19(23)21(2)16-14-11-13(20)9-10-15(14)25-18(16)17(22)12-7-5-4-6-8-12/h4-11H,3H2,1-2H3. The molecule has 0 unspecified atom stereocenters. The van der Waals surface area contributed by atoms with Gasteiger partial charge >= 0.3 is 6.09 Å². The van der Waals surface area contributed by atoms with Gasteiger partial charge in [-0.1, -0.05) is 46.3 Å². The van der Waals surface area contributed by atoms with E-state index in [9.17, 15) is 9.59 Å². The molecule has 0 atom stereocenters. The topological polar surface area (TPSA) is 59.8 Å². The van der Waals surface area contributed by atoms with Crippen molar-refractivity contribution in [2.24, 2.45) is 0 Å². The Hall–Kier alpha value is -2.60. The molecule has 0 saturated heterocycles. The number of rotatable bonds is 4. The summed E-state index contributed by atoms with van der Waals surface area (Å²) in [4.78, 5) is 26.4. The molecular formula is C19H16BrNO4. The van der Waals surface area contributed by atoms with Crippen molar-refractivity contribution in [3.63, 3.8) is 0 Å². The Morgan fingerprint density at radius 2 is 1.88 bits per heavy atom. The Balaban J connectivity index is 2.19. The first-order valence-corrected chi connectivity index (χ1v) is 8.54. The minimum atomic E-state index is -0.549. The lowest BCUT2D eigenvalue weighted by Gasteiger charge is -2.16. The highest BCUT2D eigenvalue weighted by Gasteiger charge is 2.27. The van der Waals surface area contributed by atoms with Crippen LogP contribution in [0, 0.1) is 0 Å². The van der Waals surface area contributed by atoms with Gasteiger partial charge in [0.15, 0.2) is 5.76 Å². The van der Waals surface area contributed by atoms with Crippen LogP contribution < -0.4 is 4.90 Å². The normalized spacial score (nSPS) is 10.7. The number of carbonyl (C=O) groups excluding carboxylic acids is 2. The first kappa shape index (κ1) is 17.2. The summed E-state index contributed by atoms with van der Waals surface area (Å²) in [6.07, 6.45) is -0.549. The maximum atomic E-state index is 12.9. The van der Waals surface area contributed by atoms with Gasteiger partial charge in [-0.15, -0.1) is 0 Å². The minimum Gasteiger partial charge on any atom is -0.450 e. The Labute approximate surface area is 153 Å². The van der Waals surface area contributed by atoms with E-state index in [0.717, 1.165) is 4.47 Å². The first-order chi connectivity index (χ1) is 12.0. The van der Waals surface area contributed by atoms with E-state index in [4.69, 9.17) is 9.15 Å². The van der Waals surface area contributed by atoms with E-state index in [1.165, 1.54) is 4.90 Å². The smallest absolute Gasteiger partial charge is 0.414 e. The van der Waals surface area contributed by atoms with E-state index in [1.807, 2.05) is 18.2 Å². The number of fused-ring (bicyclic) bond motifs is 1. The molecule has 0 aliphatic heterocycles. The summed E-state index contributed by atoms with van der Waals surface area (Å²) in [6, 6.07) is 14.2. The van der Waals surface area contributed by atoms with Crippen molar-refractivity contribution >= 4 is 44.5 Å². The van der Waals surface area contributed by atoms with E-state index < -0.39 is 6.09 Å². The Kier molecular flexibility index (Phi) is 4.90. The molecule has 0 aliphatic carbocycles. The molecule has 3 rings (SSSR count). The number of furan rings is 1. The highest BCUT2D eigenvalue weighted by Crippen LogP contribution is 2.36. The zero-order valence-corrected chi connectivity index (χ0v) is 15.4. The molecule has 0 bridgehead atoms. The molecule has 0 radical (unpaired) electrons. The van der Waals surface area contributed by atoms with Crippen LogP contribution in [0.4, 0.5) is 10.5 Å². The fourth-order valence-corrected chi connectivity index (χ4v) is 2.94. The van der Waals surface area contributed by atoms with Gasteiger partial charge in [0.1, 0.15) is 11.3 Å². The molecule has 128 valence electrons. The molecule has 1 amide bonds. The van der Waals surface area contributed by atoms with Crippen molar-refractivity contribution in [2.45, 2.75) is 6.92 Å². The lowest BCUT2D eigenvalue weighted by atomic mass is 10.1. The van der Waals surface area contributed by atoms with Crippen molar-refractivity contribution in [3.8, 4) is 0 Å². The fourth-order valence-electron chi connectivity index (χ4n) is 2.58. The van der Waals surface area contributed by atoms with E-state index in [-0.39, 0.29) is 18.2 Å². The van der Waals surface area contributed by atoms with Gasteiger partial charge in [0.25, 0.3) is 0 Å². The molecule has 0 saturated carbocycles. The average Bonchev–Trinajstić information content (AvgIpc) is 2.99. The van der Waals surface area contributed by atoms with Gasteiger partial charge < -0.3 is 9.15 Å². The van der Waals surface area contributed by atoms with Crippen molar-refractivity contribution < 1.29 is 18.7 Å². The average molecular weight is 402 g/mol. The highest BCUT2D eigenvalue weighted by molar-refractivity contribution is 9.10. The quantitative estimate of drug-likeness (QED) is 0.575. The molecule has 25 heavy (non-hydrogen) atoms. The molecule has 0 N–H and O–H groups in total. The second-order valence-corrected chi connectivity index (χ2v) is 6.29. The zero-order valence-electron chi connectivity index (χ0n) is 13.8. The Morgan fingerprint density at radius 3 is 2.56 bits per heavy atom. The lowest BCUT2D eigenvalue weighted by Crippen LogP contribution is -2.28. The Morgan fingerprint density at radius 1 is 1.16 bits per heavy atom. The molecule has 2 aromatic carbocycles. The van der Waals surface area contributed by atoms with Gasteiger partial charge in [0.2, 0.25) is 5.78 Å². The predicted molar refractivity (Wildman–Crippen MR) is 99.2 cm³/mol. The van der Waals surface area contributed by atoms with Crippen LogP contribution in [0.25, 0.3) is 11.0 Å². The number of halogens is 1. The SMILES string of the molecule is CCOC(=O)N(C)c1c(C(=O)c2ccccc2)oc2ccc(Br)cc12. The number of ether oxygens (including phenoxy) is 1. The third-order valence-corrected chi connectivity index (χ3v) is 4.24. The molecule has 1 heterocycles.